The molecule has 1 amide bonds. The van der Waals surface area contributed by atoms with E-state index < -0.39 is 16.6 Å². The van der Waals surface area contributed by atoms with Gasteiger partial charge in [0.25, 0.3) is 5.69 Å². The Morgan fingerprint density at radius 3 is 2.67 bits per heavy atom. The predicted octanol–water partition coefficient (Wildman–Crippen LogP) is 2.68. The number of hydrogen-bond donors (Lipinski definition) is 2. The van der Waals surface area contributed by atoms with Crippen molar-refractivity contribution in [1.29, 1.82) is 0 Å². The standard InChI is InChI=1S/C16H11N3O5/c20-14(9-6-10-4-7-11(8-5-10)19(22)23)17-12-2-1-3-13-15(12)18-16(21)24-13/h1-9H,(H,17,20)(H,18,21)/b9-6+. The number of hydrogen-bond acceptors (Lipinski definition) is 5. The maximum atomic E-state index is 12.0. The number of aromatic amines is 1. The van der Waals surface area contributed by atoms with Gasteiger partial charge in [0.05, 0.1) is 10.6 Å². The van der Waals surface area contributed by atoms with Crippen molar-refractivity contribution in [3.05, 3.63) is 74.8 Å². The molecule has 0 atom stereocenters. The van der Waals surface area contributed by atoms with Crippen LogP contribution < -0.4 is 11.1 Å². The Morgan fingerprint density at radius 2 is 1.96 bits per heavy atom. The molecular weight excluding hydrogens is 314 g/mol. The van der Waals surface area contributed by atoms with Gasteiger partial charge in [-0.05, 0) is 35.9 Å². The van der Waals surface area contributed by atoms with E-state index in [1.54, 1.807) is 18.2 Å². The molecule has 3 aromatic rings. The number of nitro groups is 1. The lowest BCUT2D eigenvalue weighted by Crippen LogP contribution is -2.08. The Morgan fingerprint density at radius 1 is 1.21 bits per heavy atom. The first-order chi connectivity index (χ1) is 11.5. The highest BCUT2D eigenvalue weighted by atomic mass is 16.6. The first-order valence-corrected chi connectivity index (χ1v) is 6.88. The number of nitro benzene ring substituents is 1. The number of nitrogens with one attached hydrogen (secondary N) is 2. The molecule has 0 aliphatic rings. The molecule has 0 aliphatic heterocycles. The van der Waals surface area contributed by atoms with E-state index in [0.717, 1.165) is 0 Å². The fourth-order valence-corrected chi connectivity index (χ4v) is 2.13. The summed E-state index contributed by atoms with van der Waals surface area (Å²) < 4.78 is 4.91. The van der Waals surface area contributed by atoms with Gasteiger partial charge in [-0.3, -0.25) is 19.9 Å². The lowest BCUT2D eigenvalue weighted by Gasteiger charge is -2.02. The summed E-state index contributed by atoms with van der Waals surface area (Å²) in [6.45, 7) is 0. The molecule has 0 radical (unpaired) electrons. The van der Waals surface area contributed by atoms with Crippen LogP contribution in [0.4, 0.5) is 11.4 Å². The summed E-state index contributed by atoms with van der Waals surface area (Å²) in [6, 6.07) is 10.7. The van der Waals surface area contributed by atoms with Gasteiger partial charge in [0.2, 0.25) is 5.91 Å². The molecule has 0 aliphatic carbocycles. The van der Waals surface area contributed by atoms with Crippen LogP contribution in [0.25, 0.3) is 17.2 Å². The van der Waals surface area contributed by atoms with Crippen LogP contribution in [0.3, 0.4) is 0 Å². The quantitative estimate of drug-likeness (QED) is 0.434. The van der Waals surface area contributed by atoms with E-state index in [-0.39, 0.29) is 5.69 Å². The lowest BCUT2D eigenvalue weighted by atomic mass is 10.2. The summed E-state index contributed by atoms with van der Waals surface area (Å²) in [7, 11) is 0. The zero-order chi connectivity index (χ0) is 17.1. The first-order valence-electron chi connectivity index (χ1n) is 6.88. The van der Waals surface area contributed by atoms with Gasteiger partial charge in [0, 0.05) is 18.2 Å². The molecule has 3 rings (SSSR count). The highest BCUT2D eigenvalue weighted by Gasteiger charge is 2.08. The highest BCUT2D eigenvalue weighted by molar-refractivity contribution is 6.05. The summed E-state index contributed by atoms with van der Waals surface area (Å²) in [4.78, 5) is 35.8. The summed E-state index contributed by atoms with van der Waals surface area (Å²) in [5.74, 6) is -1.02. The average Bonchev–Trinajstić information content (AvgIpc) is 2.95. The van der Waals surface area contributed by atoms with Gasteiger partial charge in [-0.2, -0.15) is 0 Å². The molecule has 120 valence electrons. The van der Waals surface area contributed by atoms with E-state index in [1.165, 1.54) is 36.4 Å². The Hall–Kier alpha value is -3.68. The van der Waals surface area contributed by atoms with E-state index in [4.69, 9.17) is 4.42 Å². The highest BCUT2D eigenvalue weighted by Crippen LogP contribution is 2.20. The van der Waals surface area contributed by atoms with E-state index in [1.807, 2.05) is 0 Å². The largest absolute Gasteiger partial charge is 0.417 e. The van der Waals surface area contributed by atoms with Crippen molar-refractivity contribution in [2.75, 3.05) is 5.32 Å². The number of H-pyrrole nitrogens is 1. The van der Waals surface area contributed by atoms with Crippen LogP contribution >= 0.6 is 0 Å². The van der Waals surface area contributed by atoms with Crippen LogP contribution in [0.15, 0.2) is 57.8 Å². The van der Waals surface area contributed by atoms with Crippen LogP contribution in [0.5, 0.6) is 0 Å². The third-order valence-corrected chi connectivity index (χ3v) is 3.24. The number of benzene rings is 2. The Bertz CT molecular complexity index is 998. The molecule has 0 unspecified atom stereocenters. The molecule has 0 saturated heterocycles. The van der Waals surface area contributed by atoms with E-state index in [0.29, 0.717) is 22.4 Å². The van der Waals surface area contributed by atoms with Gasteiger partial charge in [-0.15, -0.1) is 0 Å². The van der Waals surface area contributed by atoms with Crippen LogP contribution in [-0.2, 0) is 4.79 Å². The minimum atomic E-state index is -0.604. The fourth-order valence-electron chi connectivity index (χ4n) is 2.13. The Balaban J connectivity index is 1.74. The minimum absolute atomic E-state index is 0.0211. The molecule has 8 heteroatoms. The number of rotatable bonds is 4. The zero-order valence-corrected chi connectivity index (χ0v) is 12.2. The number of carbonyl (C=O) groups excluding carboxylic acids is 1. The van der Waals surface area contributed by atoms with Crippen molar-refractivity contribution in [2.24, 2.45) is 0 Å². The van der Waals surface area contributed by atoms with Crippen LogP contribution in [-0.4, -0.2) is 15.8 Å². The maximum absolute atomic E-state index is 12.0. The second-order valence-electron chi connectivity index (χ2n) is 4.86. The van der Waals surface area contributed by atoms with Crippen molar-refractivity contribution in [2.45, 2.75) is 0 Å². The number of para-hydroxylation sites is 1. The fraction of sp³-hybridized carbons (Fsp3) is 0. The summed E-state index contributed by atoms with van der Waals surface area (Å²) >= 11 is 0. The zero-order valence-electron chi connectivity index (χ0n) is 12.2. The summed E-state index contributed by atoms with van der Waals surface area (Å²) in [5.41, 5.74) is 1.78. The molecular formula is C16H11N3O5. The van der Waals surface area contributed by atoms with Crippen LogP contribution in [0.2, 0.25) is 0 Å². The first kappa shape index (κ1) is 15.2. The number of fused-ring (bicyclic) bond motifs is 1. The minimum Gasteiger partial charge on any atom is -0.408 e. The summed E-state index contributed by atoms with van der Waals surface area (Å²) in [5, 5.41) is 13.2. The van der Waals surface area contributed by atoms with Crippen molar-refractivity contribution < 1.29 is 14.1 Å². The smallest absolute Gasteiger partial charge is 0.408 e. The topological polar surface area (TPSA) is 118 Å². The number of nitrogens with zero attached hydrogens (tertiary/aromatic N) is 1. The molecule has 8 nitrogen and oxygen atoms in total. The van der Waals surface area contributed by atoms with E-state index in [2.05, 4.69) is 10.3 Å². The van der Waals surface area contributed by atoms with Gasteiger partial charge >= 0.3 is 5.76 Å². The molecule has 0 saturated carbocycles. The Kier molecular flexibility index (Phi) is 3.94. The van der Waals surface area contributed by atoms with Gasteiger partial charge in [0.15, 0.2) is 5.58 Å². The molecule has 1 aromatic heterocycles. The summed E-state index contributed by atoms with van der Waals surface area (Å²) in [6.07, 6.45) is 2.81. The van der Waals surface area contributed by atoms with Gasteiger partial charge in [0.1, 0.15) is 5.52 Å². The molecule has 0 fully saturated rings. The van der Waals surface area contributed by atoms with Crippen LogP contribution in [0.1, 0.15) is 5.56 Å². The second-order valence-corrected chi connectivity index (χ2v) is 4.86. The van der Waals surface area contributed by atoms with E-state index in [9.17, 15) is 19.7 Å². The second kappa shape index (κ2) is 6.21. The average molecular weight is 325 g/mol. The van der Waals surface area contributed by atoms with Crippen LogP contribution in [0, 0.1) is 10.1 Å². The van der Waals surface area contributed by atoms with Crippen molar-refractivity contribution in [1.82, 2.24) is 4.98 Å². The monoisotopic (exact) mass is 325 g/mol. The molecule has 1 heterocycles. The molecule has 2 N–H and O–H groups in total. The Labute approximate surface area is 134 Å². The van der Waals surface area contributed by atoms with Crippen molar-refractivity contribution in [3.63, 3.8) is 0 Å². The number of amides is 1. The third-order valence-electron chi connectivity index (χ3n) is 3.24. The predicted molar refractivity (Wildman–Crippen MR) is 87.6 cm³/mol. The molecule has 24 heavy (non-hydrogen) atoms. The number of non-ortho nitro benzene ring substituents is 1. The van der Waals surface area contributed by atoms with Gasteiger partial charge < -0.3 is 9.73 Å². The van der Waals surface area contributed by atoms with Gasteiger partial charge in [-0.25, -0.2) is 4.79 Å². The van der Waals surface area contributed by atoms with Crippen molar-refractivity contribution >= 4 is 34.5 Å². The number of aromatic nitrogens is 1. The number of anilines is 1. The SMILES string of the molecule is O=C(/C=C/c1ccc([N+](=O)[O-])cc1)Nc1cccc2oc(=O)[nH]c12. The van der Waals surface area contributed by atoms with E-state index >= 15 is 0 Å². The number of carbonyl (C=O) groups is 1. The normalized spacial score (nSPS) is 11.0. The number of oxazole rings is 1. The molecule has 2 aromatic carbocycles. The maximum Gasteiger partial charge on any atom is 0.417 e. The molecule has 0 spiro atoms. The van der Waals surface area contributed by atoms with Gasteiger partial charge in [-0.1, -0.05) is 6.07 Å². The lowest BCUT2D eigenvalue weighted by molar-refractivity contribution is -0.384. The van der Waals surface area contributed by atoms with Crippen molar-refractivity contribution in [3.8, 4) is 0 Å². The third kappa shape index (κ3) is 3.22. The molecule has 0 bridgehead atoms.